The second-order valence-electron chi connectivity index (χ2n) is 5.65. The van der Waals surface area contributed by atoms with Crippen molar-refractivity contribution >= 4 is 29.3 Å². The molecule has 1 fully saturated rings. The lowest BCUT2D eigenvalue weighted by atomic mass is 10.0. The number of nitrogens with zero attached hydrogens (tertiary/aromatic N) is 1. The number of amides is 3. The van der Waals surface area contributed by atoms with Gasteiger partial charge in [0.2, 0.25) is 11.5 Å². The van der Waals surface area contributed by atoms with E-state index in [2.05, 4.69) is 5.32 Å². The molecule has 0 unspecified atom stereocenters. The number of aliphatic hydroxyl groups is 1. The maximum absolute atomic E-state index is 13.3. The van der Waals surface area contributed by atoms with Crippen molar-refractivity contribution in [3.05, 3.63) is 34.6 Å². The van der Waals surface area contributed by atoms with Gasteiger partial charge in [-0.2, -0.15) is 0 Å². The van der Waals surface area contributed by atoms with Crippen LogP contribution in [0.3, 0.4) is 0 Å². The number of nitrogens with one attached hydrogen (secondary N) is 1. The summed E-state index contributed by atoms with van der Waals surface area (Å²) in [5.74, 6) is -3.11. The molecule has 1 aromatic rings. The summed E-state index contributed by atoms with van der Waals surface area (Å²) in [6, 6.07) is 2.81. The molecule has 1 saturated heterocycles. The number of carbonyl (C=O) groups is 3. The van der Waals surface area contributed by atoms with Crippen molar-refractivity contribution < 1.29 is 23.9 Å². The minimum atomic E-state index is -2.28. The maximum Gasteiger partial charge on any atom is 0.265 e. The Bertz CT molecular complexity index is 679. The van der Waals surface area contributed by atoms with Crippen molar-refractivity contribution in [2.24, 2.45) is 5.73 Å². The molecule has 0 saturated carbocycles. The molecule has 3 amide bonds. The van der Waals surface area contributed by atoms with Gasteiger partial charge in [0.1, 0.15) is 11.9 Å². The zero-order valence-corrected chi connectivity index (χ0v) is 13.6. The molecule has 1 aliphatic rings. The Labute approximate surface area is 142 Å². The summed E-state index contributed by atoms with van der Waals surface area (Å²) in [5.41, 5.74) is 3.25. The van der Waals surface area contributed by atoms with Crippen LogP contribution in [0.25, 0.3) is 0 Å². The van der Waals surface area contributed by atoms with Gasteiger partial charge in [-0.15, -0.1) is 0 Å². The third-order valence-electron chi connectivity index (χ3n) is 3.96. The predicted molar refractivity (Wildman–Crippen MR) is 83.2 cm³/mol. The number of hydrogen-bond donors (Lipinski definition) is 3. The van der Waals surface area contributed by atoms with Crippen LogP contribution >= 0.6 is 11.6 Å². The summed E-state index contributed by atoms with van der Waals surface area (Å²) in [7, 11) is 0. The number of primary amides is 1. The van der Waals surface area contributed by atoms with Crippen LogP contribution in [0.5, 0.6) is 0 Å². The summed E-state index contributed by atoms with van der Waals surface area (Å²) in [5, 5.41) is 12.9. The highest BCUT2D eigenvalue weighted by Crippen LogP contribution is 2.25. The Hall–Kier alpha value is -2.19. The molecule has 0 aliphatic carbocycles. The lowest BCUT2D eigenvalue weighted by Crippen LogP contribution is -2.54. The van der Waals surface area contributed by atoms with Crippen molar-refractivity contribution in [1.82, 2.24) is 10.2 Å². The third-order valence-corrected chi connectivity index (χ3v) is 4.18. The fraction of sp³-hybridized carbons (Fsp3) is 0.400. The Morgan fingerprint density at radius 2 is 2.17 bits per heavy atom. The van der Waals surface area contributed by atoms with Gasteiger partial charge in [-0.25, -0.2) is 4.39 Å². The number of hydrogen-bond acceptors (Lipinski definition) is 4. The Morgan fingerprint density at radius 3 is 2.75 bits per heavy atom. The van der Waals surface area contributed by atoms with Gasteiger partial charge in [0, 0.05) is 24.5 Å². The van der Waals surface area contributed by atoms with Crippen LogP contribution in [0.4, 0.5) is 4.39 Å². The fourth-order valence-corrected chi connectivity index (χ4v) is 2.75. The van der Waals surface area contributed by atoms with E-state index in [4.69, 9.17) is 17.3 Å². The summed E-state index contributed by atoms with van der Waals surface area (Å²) in [6.45, 7) is 1.33. The van der Waals surface area contributed by atoms with E-state index in [-0.39, 0.29) is 24.5 Å². The van der Waals surface area contributed by atoms with Crippen LogP contribution in [0.1, 0.15) is 18.9 Å². The quantitative estimate of drug-likeness (QED) is 0.640. The molecular weight excluding hydrogens is 341 g/mol. The fourth-order valence-electron chi connectivity index (χ4n) is 2.50. The SMILES string of the molecule is C[C@H](C(N)=O)N1CC[C@](O)(C(=O)NCc2cc(F)cc(Cl)c2)C1=O. The molecular formula is C15H17ClFN3O4. The van der Waals surface area contributed by atoms with E-state index in [1.807, 2.05) is 0 Å². The van der Waals surface area contributed by atoms with Crippen molar-refractivity contribution in [2.45, 2.75) is 31.5 Å². The average Bonchev–Trinajstić information content (AvgIpc) is 2.80. The summed E-state index contributed by atoms with van der Waals surface area (Å²) in [6.07, 6.45) is -0.167. The standard InChI is InChI=1S/C15H17ClFN3O4/c1-8(12(18)21)20-3-2-15(24,14(20)23)13(22)19-7-9-4-10(16)6-11(17)5-9/h4-6,8,24H,2-3,7H2,1H3,(H2,18,21)(H,19,22)/t8-,15+/m1/s1. The second-order valence-corrected chi connectivity index (χ2v) is 6.08. The zero-order chi connectivity index (χ0) is 18.1. The third kappa shape index (κ3) is 3.49. The molecule has 130 valence electrons. The Morgan fingerprint density at radius 1 is 1.50 bits per heavy atom. The van der Waals surface area contributed by atoms with E-state index in [9.17, 15) is 23.9 Å². The van der Waals surface area contributed by atoms with Gasteiger partial charge in [-0.3, -0.25) is 14.4 Å². The minimum Gasteiger partial charge on any atom is -0.372 e. The van der Waals surface area contributed by atoms with Crippen LogP contribution in [0, 0.1) is 5.82 Å². The largest absolute Gasteiger partial charge is 0.372 e. The van der Waals surface area contributed by atoms with Crippen LogP contribution < -0.4 is 11.1 Å². The number of nitrogens with two attached hydrogens (primary N) is 1. The molecule has 24 heavy (non-hydrogen) atoms. The first-order valence-electron chi connectivity index (χ1n) is 7.21. The molecule has 0 bridgehead atoms. The van der Waals surface area contributed by atoms with Gasteiger partial charge in [0.15, 0.2) is 0 Å². The van der Waals surface area contributed by atoms with E-state index in [1.54, 1.807) is 0 Å². The lowest BCUT2D eigenvalue weighted by Gasteiger charge is -2.24. The first-order chi connectivity index (χ1) is 11.1. The lowest BCUT2D eigenvalue weighted by molar-refractivity contribution is -0.156. The van der Waals surface area contributed by atoms with Crippen molar-refractivity contribution in [3.63, 3.8) is 0 Å². The molecule has 0 spiro atoms. The number of carbonyl (C=O) groups excluding carboxylic acids is 3. The summed E-state index contributed by atoms with van der Waals surface area (Å²) < 4.78 is 13.3. The molecule has 4 N–H and O–H groups in total. The molecule has 2 atom stereocenters. The highest BCUT2D eigenvalue weighted by Gasteiger charge is 2.52. The monoisotopic (exact) mass is 357 g/mol. The molecule has 1 heterocycles. The molecule has 0 aromatic heterocycles. The number of halogens is 2. The highest BCUT2D eigenvalue weighted by molar-refractivity contribution is 6.30. The molecule has 9 heteroatoms. The van der Waals surface area contributed by atoms with Crippen LogP contribution in [0.15, 0.2) is 18.2 Å². The van der Waals surface area contributed by atoms with Crippen molar-refractivity contribution in [3.8, 4) is 0 Å². The molecule has 2 rings (SSSR count). The first-order valence-corrected chi connectivity index (χ1v) is 7.59. The molecule has 1 aliphatic heterocycles. The minimum absolute atomic E-state index is 0.0264. The van der Waals surface area contributed by atoms with Crippen molar-refractivity contribution in [2.75, 3.05) is 6.54 Å². The van der Waals surface area contributed by atoms with Gasteiger partial charge in [0.05, 0.1) is 0 Å². The molecule has 7 nitrogen and oxygen atoms in total. The smallest absolute Gasteiger partial charge is 0.265 e. The van der Waals surface area contributed by atoms with E-state index >= 15 is 0 Å². The molecule has 1 aromatic carbocycles. The second kappa shape index (κ2) is 6.74. The van der Waals surface area contributed by atoms with Gasteiger partial charge in [0.25, 0.3) is 11.8 Å². The normalized spacial score (nSPS) is 21.7. The average molecular weight is 358 g/mol. The summed E-state index contributed by atoms with van der Waals surface area (Å²) >= 11 is 5.72. The van der Waals surface area contributed by atoms with Gasteiger partial charge in [-0.05, 0) is 30.7 Å². The van der Waals surface area contributed by atoms with E-state index in [0.717, 1.165) is 11.0 Å². The maximum atomic E-state index is 13.3. The number of rotatable bonds is 5. The number of likely N-dealkylation sites (tertiary alicyclic amines) is 1. The van der Waals surface area contributed by atoms with E-state index < -0.39 is 35.2 Å². The Kier molecular flexibility index (Phi) is 5.10. The summed E-state index contributed by atoms with van der Waals surface area (Å²) in [4.78, 5) is 36.7. The molecule has 0 radical (unpaired) electrons. The van der Waals surface area contributed by atoms with Gasteiger partial charge in [-0.1, -0.05) is 11.6 Å². The first kappa shape index (κ1) is 18.2. The van der Waals surface area contributed by atoms with Gasteiger partial charge < -0.3 is 21.1 Å². The zero-order valence-electron chi connectivity index (χ0n) is 12.9. The van der Waals surface area contributed by atoms with Crippen molar-refractivity contribution in [1.29, 1.82) is 0 Å². The van der Waals surface area contributed by atoms with Crippen LogP contribution in [-0.4, -0.2) is 45.9 Å². The number of benzene rings is 1. The van der Waals surface area contributed by atoms with E-state index in [0.29, 0.717) is 5.56 Å². The van der Waals surface area contributed by atoms with Crippen LogP contribution in [-0.2, 0) is 20.9 Å². The topological polar surface area (TPSA) is 113 Å². The van der Waals surface area contributed by atoms with E-state index in [1.165, 1.54) is 19.1 Å². The van der Waals surface area contributed by atoms with Crippen LogP contribution in [0.2, 0.25) is 5.02 Å². The van der Waals surface area contributed by atoms with Gasteiger partial charge >= 0.3 is 0 Å². The highest BCUT2D eigenvalue weighted by atomic mass is 35.5. The predicted octanol–water partition coefficient (Wildman–Crippen LogP) is -0.0675. The Balaban J connectivity index is 2.06.